The largest absolute Gasteiger partial charge is 0.490 e. The number of morpholine rings is 1. The average molecular weight is 451 g/mol. The first kappa shape index (κ1) is 26.9. The zero-order chi connectivity index (χ0) is 23.7. The topological polar surface area (TPSA) is 96.7 Å². The first-order valence-electron chi connectivity index (χ1n) is 10.2. The van der Waals surface area contributed by atoms with Crippen molar-refractivity contribution in [3.63, 3.8) is 0 Å². The second kappa shape index (κ2) is 12.0. The highest BCUT2D eigenvalue weighted by molar-refractivity contribution is 5.91. The minimum absolute atomic E-state index is 0.00252. The van der Waals surface area contributed by atoms with Crippen LogP contribution in [0.1, 0.15) is 40.5 Å². The smallest absolute Gasteiger partial charge is 0.475 e. The summed E-state index contributed by atoms with van der Waals surface area (Å²) in [7, 11) is 0. The number of hydrogen-bond donors (Lipinski definition) is 2. The van der Waals surface area contributed by atoms with Gasteiger partial charge in [0.1, 0.15) is 0 Å². The lowest BCUT2D eigenvalue weighted by molar-refractivity contribution is -0.192. The Balaban J connectivity index is 0.000000592. The summed E-state index contributed by atoms with van der Waals surface area (Å²) < 4.78 is 39.0. The Morgan fingerprint density at radius 3 is 2.32 bits per heavy atom. The van der Waals surface area contributed by atoms with Crippen LogP contribution in [0.25, 0.3) is 0 Å². The maximum absolute atomic E-state index is 12.3. The number of anilines is 1. The monoisotopic (exact) mass is 450 g/mol. The highest BCUT2D eigenvalue weighted by Gasteiger charge is 2.38. The molecule has 2 heterocycles. The molecule has 11 heteroatoms. The molecule has 1 amide bonds. The number of rotatable bonds is 7. The molecule has 0 bridgehead atoms. The van der Waals surface area contributed by atoms with Gasteiger partial charge in [-0.05, 0) is 18.3 Å². The van der Waals surface area contributed by atoms with Gasteiger partial charge in [-0.15, -0.1) is 0 Å². The van der Waals surface area contributed by atoms with Crippen molar-refractivity contribution in [2.24, 2.45) is 11.3 Å². The summed E-state index contributed by atoms with van der Waals surface area (Å²) in [5.41, 5.74) is 0.260. The van der Waals surface area contributed by atoms with Gasteiger partial charge in [0.05, 0.1) is 19.8 Å². The van der Waals surface area contributed by atoms with Crippen molar-refractivity contribution in [2.45, 2.75) is 53.3 Å². The van der Waals surface area contributed by atoms with E-state index in [4.69, 9.17) is 14.6 Å². The number of amides is 1. The number of aliphatic carboxylic acids is 1. The quantitative estimate of drug-likeness (QED) is 0.662. The predicted octanol–water partition coefficient (Wildman–Crippen LogP) is 3.25. The summed E-state index contributed by atoms with van der Waals surface area (Å²) in [4.78, 5) is 23.5. The van der Waals surface area contributed by atoms with Crippen molar-refractivity contribution in [1.82, 2.24) is 14.7 Å². The first-order chi connectivity index (χ1) is 14.3. The molecule has 0 saturated carbocycles. The van der Waals surface area contributed by atoms with E-state index in [0.717, 1.165) is 52.2 Å². The van der Waals surface area contributed by atoms with Crippen molar-refractivity contribution >= 4 is 17.7 Å². The molecule has 1 unspecified atom stereocenters. The van der Waals surface area contributed by atoms with E-state index >= 15 is 0 Å². The molecule has 2 N–H and O–H groups in total. The zero-order valence-corrected chi connectivity index (χ0v) is 18.5. The molecule has 1 aliphatic heterocycles. The molecule has 0 aromatic carbocycles. The number of alkyl halides is 3. The van der Waals surface area contributed by atoms with E-state index in [2.05, 4.69) is 36.1 Å². The van der Waals surface area contributed by atoms with E-state index in [1.807, 2.05) is 23.9 Å². The molecule has 0 radical (unpaired) electrons. The van der Waals surface area contributed by atoms with Gasteiger partial charge in [-0.1, -0.05) is 27.7 Å². The predicted molar refractivity (Wildman–Crippen MR) is 110 cm³/mol. The van der Waals surface area contributed by atoms with Crippen LogP contribution in [0.3, 0.4) is 0 Å². The van der Waals surface area contributed by atoms with E-state index in [-0.39, 0.29) is 17.2 Å². The average Bonchev–Trinajstić information content (AvgIpc) is 3.11. The van der Waals surface area contributed by atoms with Crippen LogP contribution >= 0.6 is 0 Å². The number of hydrogen-bond acceptors (Lipinski definition) is 5. The third-order valence-electron chi connectivity index (χ3n) is 4.66. The fourth-order valence-corrected chi connectivity index (χ4v) is 2.65. The van der Waals surface area contributed by atoms with Crippen LogP contribution in [0.15, 0.2) is 12.3 Å². The Bertz CT molecular complexity index is 695. The third kappa shape index (κ3) is 11.7. The molecule has 1 aliphatic rings. The fourth-order valence-electron chi connectivity index (χ4n) is 2.65. The van der Waals surface area contributed by atoms with Crippen molar-refractivity contribution in [2.75, 3.05) is 38.2 Å². The fraction of sp³-hybridized carbons (Fsp3) is 0.750. The Hall–Kier alpha value is -2.14. The molecule has 8 nitrogen and oxygen atoms in total. The molecule has 1 atom stereocenters. The van der Waals surface area contributed by atoms with Crippen LogP contribution < -0.4 is 5.32 Å². The highest BCUT2D eigenvalue weighted by Crippen LogP contribution is 2.24. The molecule has 1 aromatic heterocycles. The molecule has 0 spiro atoms. The lowest BCUT2D eigenvalue weighted by Gasteiger charge is -2.26. The number of halogens is 3. The molecule has 31 heavy (non-hydrogen) atoms. The number of carboxylic acids is 1. The van der Waals surface area contributed by atoms with Gasteiger partial charge < -0.3 is 15.2 Å². The Labute approximate surface area is 180 Å². The van der Waals surface area contributed by atoms with Gasteiger partial charge in [0.15, 0.2) is 5.82 Å². The summed E-state index contributed by atoms with van der Waals surface area (Å²) in [6, 6.07) is 1.87. The van der Waals surface area contributed by atoms with Gasteiger partial charge in [0, 0.05) is 37.8 Å². The molecule has 0 aliphatic carbocycles. The molecule has 178 valence electrons. The summed E-state index contributed by atoms with van der Waals surface area (Å²) in [5, 5.41) is 14.5. The standard InChI is InChI=1S/C18H32N4O2.C2HF3O2/c1-15(5-7-18(2,3)4)17(23)19-16-6-8-22(20-16)10-9-21-11-13-24-14-12-21;3-2(4,5)1(6)7/h6,8,15H,5,7,9-14H2,1-4H3,(H,19,20,23);(H,6,7). The van der Waals surface area contributed by atoms with Crippen molar-refractivity contribution in [3.8, 4) is 0 Å². The van der Waals surface area contributed by atoms with Crippen LogP contribution in [0.2, 0.25) is 0 Å². The van der Waals surface area contributed by atoms with Gasteiger partial charge in [-0.25, -0.2) is 4.79 Å². The maximum Gasteiger partial charge on any atom is 0.490 e. The van der Waals surface area contributed by atoms with Gasteiger partial charge in [0.25, 0.3) is 0 Å². The highest BCUT2D eigenvalue weighted by atomic mass is 19.4. The number of nitrogens with one attached hydrogen (secondary N) is 1. The van der Waals surface area contributed by atoms with Gasteiger partial charge in [-0.2, -0.15) is 18.3 Å². The Morgan fingerprint density at radius 1 is 1.23 bits per heavy atom. The van der Waals surface area contributed by atoms with E-state index in [9.17, 15) is 18.0 Å². The molecular formula is C20H33F3N4O4. The van der Waals surface area contributed by atoms with Gasteiger partial charge in [-0.3, -0.25) is 14.4 Å². The number of ether oxygens (including phenoxy) is 1. The van der Waals surface area contributed by atoms with Crippen molar-refractivity contribution < 1.29 is 32.6 Å². The lowest BCUT2D eigenvalue weighted by Crippen LogP contribution is -2.38. The Kier molecular flexibility index (Phi) is 10.4. The van der Waals surface area contributed by atoms with Crippen LogP contribution in [0.5, 0.6) is 0 Å². The number of carbonyl (C=O) groups is 2. The number of carbonyl (C=O) groups excluding carboxylic acids is 1. The van der Waals surface area contributed by atoms with Crippen molar-refractivity contribution in [3.05, 3.63) is 12.3 Å². The van der Waals surface area contributed by atoms with Gasteiger partial charge >= 0.3 is 12.1 Å². The van der Waals surface area contributed by atoms with E-state index < -0.39 is 12.1 Å². The van der Waals surface area contributed by atoms with Crippen molar-refractivity contribution in [1.29, 1.82) is 0 Å². The summed E-state index contributed by atoms with van der Waals surface area (Å²) in [6.07, 6.45) is -1.22. The molecule has 1 fully saturated rings. The van der Waals surface area contributed by atoms with E-state index in [0.29, 0.717) is 5.82 Å². The minimum atomic E-state index is -5.08. The molecular weight excluding hydrogens is 417 g/mol. The SMILES string of the molecule is CC(CCC(C)(C)C)C(=O)Nc1ccn(CCN2CCOCC2)n1.O=C(O)C(F)(F)F. The lowest BCUT2D eigenvalue weighted by atomic mass is 9.87. The third-order valence-corrected chi connectivity index (χ3v) is 4.66. The summed E-state index contributed by atoms with van der Waals surface area (Å²) in [5.74, 6) is -2.06. The maximum atomic E-state index is 12.3. The minimum Gasteiger partial charge on any atom is -0.475 e. The summed E-state index contributed by atoms with van der Waals surface area (Å²) in [6.45, 7) is 14.0. The summed E-state index contributed by atoms with van der Waals surface area (Å²) >= 11 is 0. The van der Waals surface area contributed by atoms with Crippen LogP contribution in [-0.4, -0.2) is 70.7 Å². The Morgan fingerprint density at radius 2 is 1.81 bits per heavy atom. The second-order valence-corrected chi connectivity index (χ2v) is 8.71. The second-order valence-electron chi connectivity index (χ2n) is 8.71. The number of carboxylic acid groups (broad SMARTS) is 1. The molecule has 1 aromatic rings. The van der Waals surface area contributed by atoms with E-state index in [1.165, 1.54) is 0 Å². The van der Waals surface area contributed by atoms with E-state index in [1.54, 1.807) is 0 Å². The zero-order valence-electron chi connectivity index (χ0n) is 18.5. The first-order valence-corrected chi connectivity index (χ1v) is 10.2. The van der Waals surface area contributed by atoms with Crippen LogP contribution in [0, 0.1) is 11.3 Å². The molecule has 2 rings (SSSR count). The number of aromatic nitrogens is 2. The normalized spacial score (nSPS) is 16.2. The van der Waals surface area contributed by atoms with Crippen LogP contribution in [-0.2, 0) is 20.9 Å². The number of nitrogens with zero attached hydrogens (tertiary/aromatic N) is 3. The molecule has 1 saturated heterocycles. The van der Waals surface area contributed by atoms with Gasteiger partial charge in [0.2, 0.25) is 5.91 Å². The van der Waals surface area contributed by atoms with Crippen LogP contribution in [0.4, 0.5) is 19.0 Å².